The number of carbonyl (C=O) groups excluding carboxylic acids is 1. The van der Waals surface area contributed by atoms with Gasteiger partial charge in [0.25, 0.3) is 5.91 Å². The van der Waals surface area contributed by atoms with Gasteiger partial charge in [-0.05, 0) is 23.8 Å². The second kappa shape index (κ2) is 11.2. The minimum absolute atomic E-state index is 0.143. The van der Waals surface area contributed by atoms with Crippen LogP contribution in [-0.4, -0.2) is 62.7 Å². The van der Waals surface area contributed by atoms with Gasteiger partial charge in [0.2, 0.25) is 0 Å². The minimum atomic E-state index is -1.06. The smallest absolute Gasteiger partial charge is 0.257 e. The van der Waals surface area contributed by atoms with E-state index in [-0.39, 0.29) is 13.0 Å². The van der Waals surface area contributed by atoms with Gasteiger partial charge in [0.1, 0.15) is 17.8 Å². The lowest BCUT2D eigenvalue weighted by molar-refractivity contribution is -0.118. The van der Waals surface area contributed by atoms with Crippen LogP contribution in [0.4, 0.5) is 15.2 Å². The summed E-state index contributed by atoms with van der Waals surface area (Å²) in [6.07, 6.45) is 3.86. The molecule has 2 aromatic carbocycles. The van der Waals surface area contributed by atoms with E-state index in [2.05, 4.69) is 26.3 Å². The predicted octanol–water partition coefficient (Wildman–Crippen LogP) is 5.49. The fraction of sp³-hybridized carbons (Fsp3) is 0.276. The third-order valence-corrected chi connectivity index (χ3v) is 9.09. The Morgan fingerprint density at radius 2 is 2.07 bits per heavy atom. The third kappa shape index (κ3) is 5.02. The largest absolute Gasteiger partial charge is 0.378 e. The van der Waals surface area contributed by atoms with Gasteiger partial charge in [-0.25, -0.2) is 14.4 Å². The average Bonchev–Trinajstić information content (AvgIpc) is 3.82. The summed E-state index contributed by atoms with van der Waals surface area (Å²) in [5, 5.41) is 20.9. The molecule has 0 radical (unpaired) electrons. The quantitative estimate of drug-likeness (QED) is 0.262. The van der Waals surface area contributed by atoms with Gasteiger partial charge in [-0.3, -0.25) is 14.8 Å². The second-order valence-corrected chi connectivity index (χ2v) is 12.0. The van der Waals surface area contributed by atoms with Crippen molar-refractivity contribution in [2.24, 2.45) is 0 Å². The number of imidazole rings is 1. The van der Waals surface area contributed by atoms with Crippen molar-refractivity contribution in [2.45, 2.75) is 25.2 Å². The molecule has 0 bridgehead atoms. The number of aromatic nitrogens is 5. The van der Waals surface area contributed by atoms with Gasteiger partial charge in [-0.1, -0.05) is 29.3 Å². The molecule has 0 unspecified atom stereocenters. The van der Waals surface area contributed by atoms with Crippen molar-refractivity contribution in [2.75, 3.05) is 36.5 Å². The van der Waals surface area contributed by atoms with E-state index in [1.165, 1.54) is 16.0 Å². The number of amides is 1. The highest BCUT2D eigenvalue weighted by molar-refractivity contribution is 7.13. The van der Waals surface area contributed by atoms with Crippen LogP contribution in [0.5, 0.6) is 0 Å². The lowest BCUT2D eigenvalue weighted by Crippen LogP contribution is -2.36. The molecule has 2 atom stereocenters. The summed E-state index contributed by atoms with van der Waals surface area (Å²) in [7, 11) is 0. The zero-order chi connectivity index (χ0) is 29.7. The maximum Gasteiger partial charge on any atom is 0.257 e. The molecule has 2 aliphatic rings. The van der Waals surface area contributed by atoms with Crippen LogP contribution >= 0.6 is 34.5 Å². The van der Waals surface area contributed by atoms with Crippen molar-refractivity contribution in [1.82, 2.24) is 24.3 Å². The van der Waals surface area contributed by atoms with Crippen LogP contribution < -0.4 is 10.2 Å². The summed E-state index contributed by atoms with van der Waals surface area (Å²) in [5.74, 6) is -0.434. The summed E-state index contributed by atoms with van der Waals surface area (Å²) < 4.78 is 23.0. The number of alkyl halides is 1. The summed E-state index contributed by atoms with van der Waals surface area (Å²) in [4.78, 5) is 24.5. The molecule has 5 aromatic rings. The molecule has 0 spiro atoms. The number of anilines is 2. The van der Waals surface area contributed by atoms with Crippen molar-refractivity contribution in [3.05, 3.63) is 75.4 Å². The second-order valence-electron chi connectivity index (χ2n) is 10.3. The molecule has 218 valence electrons. The van der Waals surface area contributed by atoms with Crippen LogP contribution in [0.15, 0.2) is 48.4 Å². The first-order valence-corrected chi connectivity index (χ1v) is 15.2. The molecule has 7 rings (SSSR count). The van der Waals surface area contributed by atoms with Crippen LogP contribution in [0.25, 0.3) is 22.0 Å². The molecule has 2 aliphatic heterocycles. The lowest BCUT2D eigenvalue weighted by Gasteiger charge is -2.29. The summed E-state index contributed by atoms with van der Waals surface area (Å²) in [6.45, 7) is 2.79. The van der Waals surface area contributed by atoms with Crippen molar-refractivity contribution in [1.29, 1.82) is 5.26 Å². The van der Waals surface area contributed by atoms with Gasteiger partial charge in [-0.15, -0.1) is 11.3 Å². The Kier molecular flexibility index (Phi) is 7.26. The summed E-state index contributed by atoms with van der Waals surface area (Å²) in [5.41, 5.74) is 4.05. The van der Waals surface area contributed by atoms with Crippen molar-refractivity contribution in [3.8, 4) is 17.2 Å². The SMILES string of the molecule is N#Cc1cc(-c2cc(Cl)c3cn([C@@H](C(=O)Nc4nccs4)c4ncn5c4C[C@@H](F)C5)nc3c2Cl)ccc1N1CCOCC1. The van der Waals surface area contributed by atoms with E-state index in [0.717, 1.165) is 5.69 Å². The first kappa shape index (κ1) is 27.8. The normalized spacial score (nSPS) is 17.2. The molecule has 43 heavy (non-hydrogen) atoms. The first-order chi connectivity index (χ1) is 20.9. The first-order valence-electron chi connectivity index (χ1n) is 13.5. The van der Waals surface area contributed by atoms with E-state index in [1.54, 1.807) is 40.8 Å². The fourth-order valence-electron chi connectivity index (χ4n) is 5.69. The zero-order valence-electron chi connectivity index (χ0n) is 22.5. The van der Waals surface area contributed by atoms with Gasteiger partial charge in [0.05, 0.1) is 53.1 Å². The number of halogens is 3. The Balaban J connectivity index is 1.31. The molecule has 1 N–H and O–H groups in total. The van der Waals surface area contributed by atoms with Gasteiger partial charge in [0.15, 0.2) is 11.2 Å². The number of fused-ring (bicyclic) bond motifs is 2. The van der Waals surface area contributed by atoms with E-state index >= 15 is 0 Å². The number of benzene rings is 2. The molecule has 1 fully saturated rings. The highest BCUT2D eigenvalue weighted by atomic mass is 35.5. The van der Waals surface area contributed by atoms with E-state index in [9.17, 15) is 14.4 Å². The number of thiazole rings is 1. The molecule has 5 heterocycles. The number of nitrogens with zero attached hydrogens (tertiary/aromatic N) is 7. The third-order valence-electron chi connectivity index (χ3n) is 7.71. The number of hydrogen-bond acceptors (Lipinski definition) is 8. The highest BCUT2D eigenvalue weighted by Gasteiger charge is 2.34. The number of ether oxygens (including phenoxy) is 1. The van der Waals surface area contributed by atoms with E-state index in [1.807, 2.05) is 12.1 Å². The summed E-state index contributed by atoms with van der Waals surface area (Å²) >= 11 is 15.0. The number of nitrogens with one attached hydrogen (secondary N) is 1. The predicted molar refractivity (Wildman–Crippen MR) is 163 cm³/mol. The highest BCUT2D eigenvalue weighted by Crippen LogP contribution is 2.40. The van der Waals surface area contributed by atoms with Crippen molar-refractivity contribution in [3.63, 3.8) is 0 Å². The number of hydrogen-bond donors (Lipinski definition) is 1. The fourth-order valence-corrected chi connectivity index (χ4v) is 6.77. The number of carbonyl (C=O) groups is 1. The molecular formula is C29H23Cl2FN8O2S. The van der Waals surface area contributed by atoms with Gasteiger partial charge in [0, 0.05) is 53.9 Å². The van der Waals surface area contributed by atoms with Gasteiger partial charge < -0.3 is 14.2 Å². The molecular weight excluding hydrogens is 614 g/mol. The van der Waals surface area contributed by atoms with E-state index in [4.69, 9.17) is 33.0 Å². The minimum Gasteiger partial charge on any atom is -0.378 e. The Labute approximate surface area is 259 Å². The molecule has 0 aliphatic carbocycles. The summed E-state index contributed by atoms with van der Waals surface area (Å²) in [6, 6.07) is 8.59. The Morgan fingerprint density at radius 3 is 2.84 bits per heavy atom. The molecule has 10 nitrogen and oxygen atoms in total. The van der Waals surface area contributed by atoms with Crippen LogP contribution in [0.1, 0.15) is 23.0 Å². The van der Waals surface area contributed by atoms with Crippen LogP contribution in [0, 0.1) is 11.3 Å². The number of nitriles is 1. The number of morpholine rings is 1. The van der Waals surface area contributed by atoms with Crippen molar-refractivity contribution >= 4 is 62.2 Å². The van der Waals surface area contributed by atoms with Gasteiger partial charge in [-0.2, -0.15) is 10.4 Å². The van der Waals surface area contributed by atoms with Crippen LogP contribution in [0.2, 0.25) is 10.0 Å². The monoisotopic (exact) mass is 636 g/mol. The molecule has 1 amide bonds. The van der Waals surface area contributed by atoms with E-state index in [0.29, 0.717) is 80.5 Å². The average molecular weight is 638 g/mol. The van der Waals surface area contributed by atoms with Crippen LogP contribution in [-0.2, 0) is 22.5 Å². The maximum absolute atomic E-state index is 14.3. The Morgan fingerprint density at radius 1 is 1.23 bits per heavy atom. The standard InChI is InChI=1S/C29H23Cl2FN8O2S/c30-21-11-19(16-1-2-22(17(9-16)12-33)38-4-6-42-7-5-38)24(31)25-20(21)14-40(37-25)27(28(41)36-29-34-3-8-43-29)26-23-10-18(32)13-39(23)15-35-26/h1-3,8-9,11,14-15,18,27H,4-7,10,13H2,(H,34,36,41)/t18-,27-/m1/s1. The van der Waals surface area contributed by atoms with Crippen LogP contribution in [0.3, 0.4) is 0 Å². The Bertz CT molecular complexity index is 1890. The van der Waals surface area contributed by atoms with Gasteiger partial charge >= 0.3 is 0 Å². The molecule has 14 heteroatoms. The van der Waals surface area contributed by atoms with E-state index < -0.39 is 18.1 Å². The lowest BCUT2D eigenvalue weighted by atomic mass is 10.0. The topological polar surface area (TPSA) is 114 Å². The number of rotatable bonds is 6. The van der Waals surface area contributed by atoms with Crippen molar-refractivity contribution < 1.29 is 13.9 Å². The molecule has 3 aromatic heterocycles. The molecule has 0 saturated carbocycles. The zero-order valence-corrected chi connectivity index (χ0v) is 24.8. The molecule has 1 saturated heterocycles. The Hall–Kier alpha value is -4.02. The maximum atomic E-state index is 14.3.